The lowest BCUT2D eigenvalue weighted by atomic mass is 9.74. The van der Waals surface area contributed by atoms with Gasteiger partial charge in [-0.2, -0.15) is 5.10 Å². The van der Waals surface area contributed by atoms with Gasteiger partial charge in [0, 0.05) is 28.1 Å². The first-order valence-corrected chi connectivity index (χ1v) is 10.6. The highest BCUT2D eigenvalue weighted by Crippen LogP contribution is 2.40. The minimum absolute atomic E-state index is 0.0182. The molecule has 1 saturated carbocycles. The van der Waals surface area contributed by atoms with Crippen LogP contribution in [0.2, 0.25) is 0 Å². The monoisotopic (exact) mass is 407 g/mol. The summed E-state index contributed by atoms with van der Waals surface area (Å²) in [5.74, 6) is 0.905. The van der Waals surface area contributed by atoms with Gasteiger partial charge in [-0.25, -0.2) is 5.43 Å². The van der Waals surface area contributed by atoms with Crippen molar-refractivity contribution in [2.24, 2.45) is 16.9 Å². The number of nitrogens with one attached hydrogen (secondary N) is 1. The van der Waals surface area contributed by atoms with E-state index >= 15 is 0 Å². The lowest BCUT2D eigenvalue weighted by molar-refractivity contribution is 0.0952. The fraction of sp³-hybridized carbons (Fsp3) is 0.192. The Balaban J connectivity index is 1.16. The van der Waals surface area contributed by atoms with E-state index < -0.39 is 0 Å². The SMILES string of the molecule is O=C(N/N=C1/C[C@H]2C=CC[C@@H]12)c1ccc(CN2C(=O)c3cccc4cccc2c34)cc1. The molecule has 1 fully saturated rings. The molecule has 2 aliphatic carbocycles. The number of nitrogens with zero attached hydrogens (tertiary/aromatic N) is 2. The van der Waals surface area contributed by atoms with E-state index in [-0.39, 0.29) is 11.8 Å². The Hall–Kier alpha value is -3.73. The van der Waals surface area contributed by atoms with E-state index in [2.05, 4.69) is 22.7 Å². The van der Waals surface area contributed by atoms with E-state index in [1.807, 2.05) is 48.5 Å². The van der Waals surface area contributed by atoms with Crippen LogP contribution in [0.4, 0.5) is 5.69 Å². The van der Waals surface area contributed by atoms with Gasteiger partial charge in [0.05, 0.1) is 12.2 Å². The Morgan fingerprint density at radius 3 is 2.68 bits per heavy atom. The van der Waals surface area contributed by atoms with Gasteiger partial charge < -0.3 is 4.90 Å². The molecule has 1 heterocycles. The predicted octanol–water partition coefficient (Wildman–Crippen LogP) is 4.68. The van der Waals surface area contributed by atoms with Crippen LogP contribution in [0.25, 0.3) is 10.8 Å². The van der Waals surface area contributed by atoms with Crippen molar-refractivity contribution in [2.45, 2.75) is 19.4 Å². The third-order valence-electron chi connectivity index (χ3n) is 6.67. The summed E-state index contributed by atoms with van der Waals surface area (Å²) in [4.78, 5) is 27.2. The van der Waals surface area contributed by atoms with Crippen molar-refractivity contribution in [1.29, 1.82) is 0 Å². The molecular formula is C26H21N3O2. The molecule has 0 saturated heterocycles. The van der Waals surface area contributed by atoms with E-state index in [1.165, 1.54) is 0 Å². The predicted molar refractivity (Wildman–Crippen MR) is 121 cm³/mol. The number of hydrazone groups is 1. The summed E-state index contributed by atoms with van der Waals surface area (Å²) in [6, 6.07) is 19.2. The first-order chi connectivity index (χ1) is 15.2. The second kappa shape index (κ2) is 6.91. The van der Waals surface area contributed by atoms with E-state index in [4.69, 9.17) is 0 Å². The van der Waals surface area contributed by atoms with Gasteiger partial charge in [-0.1, -0.05) is 48.6 Å². The smallest absolute Gasteiger partial charge is 0.271 e. The summed E-state index contributed by atoms with van der Waals surface area (Å²) in [6.07, 6.45) is 6.41. The van der Waals surface area contributed by atoms with Crippen LogP contribution in [-0.4, -0.2) is 17.5 Å². The van der Waals surface area contributed by atoms with E-state index in [0.717, 1.165) is 46.1 Å². The number of rotatable bonds is 4. The van der Waals surface area contributed by atoms with Crippen LogP contribution in [-0.2, 0) is 6.54 Å². The lowest BCUT2D eigenvalue weighted by Crippen LogP contribution is -2.35. The maximum absolute atomic E-state index is 13.0. The van der Waals surface area contributed by atoms with Crippen molar-refractivity contribution in [3.63, 3.8) is 0 Å². The molecule has 5 heteroatoms. The highest BCUT2D eigenvalue weighted by Gasteiger charge is 2.38. The van der Waals surface area contributed by atoms with Crippen molar-refractivity contribution in [3.05, 3.63) is 89.5 Å². The highest BCUT2D eigenvalue weighted by molar-refractivity contribution is 6.24. The summed E-state index contributed by atoms with van der Waals surface area (Å²) >= 11 is 0. The molecule has 1 aliphatic heterocycles. The first-order valence-electron chi connectivity index (χ1n) is 10.6. The molecule has 3 aliphatic rings. The van der Waals surface area contributed by atoms with Gasteiger partial charge in [0.1, 0.15) is 0 Å². The summed E-state index contributed by atoms with van der Waals surface area (Å²) in [7, 11) is 0. The minimum Gasteiger partial charge on any atom is -0.303 e. The summed E-state index contributed by atoms with van der Waals surface area (Å²) in [6.45, 7) is 0.465. The topological polar surface area (TPSA) is 61.8 Å². The number of fused-ring (bicyclic) bond motifs is 1. The van der Waals surface area contributed by atoms with E-state index in [0.29, 0.717) is 23.9 Å². The minimum atomic E-state index is -0.206. The number of hydrogen-bond acceptors (Lipinski definition) is 3. The van der Waals surface area contributed by atoms with Crippen LogP contribution in [0.3, 0.4) is 0 Å². The van der Waals surface area contributed by atoms with Crippen LogP contribution >= 0.6 is 0 Å². The molecule has 1 N–H and O–H groups in total. The lowest BCUT2D eigenvalue weighted by Gasteiger charge is -2.31. The Morgan fingerprint density at radius 1 is 1.06 bits per heavy atom. The molecule has 0 spiro atoms. The number of anilines is 1. The second-order valence-electron chi connectivity index (χ2n) is 8.45. The van der Waals surface area contributed by atoms with E-state index in [1.54, 1.807) is 17.0 Å². The molecule has 2 atom stereocenters. The molecule has 3 aromatic carbocycles. The van der Waals surface area contributed by atoms with Crippen molar-refractivity contribution in [2.75, 3.05) is 4.90 Å². The first kappa shape index (κ1) is 18.1. The molecule has 0 bridgehead atoms. The van der Waals surface area contributed by atoms with Crippen molar-refractivity contribution >= 4 is 34.0 Å². The third-order valence-corrected chi connectivity index (χ3v) is 6.67. The van der Waals surface area contributed by atoms with Crippen LogP contribution in [0.5, 0.6) is 0 Å². The number of amides is 2. The Bertz CT molecular complexity index is 1280. The van der Waals surface area contributed by atoms with E-state index in [9.17, 15) is 9.59 Å². The summed E-state index contributed by atoms with van der Waals surface area (Å²) in [5, 5.41) is 6.42. The van der Waals surface area contributed by atoms with Crippen molar-refractivity contribution < 1.29 is 9.59 Å². The number of carbonyl (C=O) groups excluding carboxylic acids is 2. The molecule has 31 heavy (non-hydrogen) atoms. The molecule has 5 nitrogen and oxygen atoms in total. The zero-order chi connectivity index (χ0) is 20.9. The average molecular weight is 407 g/mol. The van der Waals surface area contributed by atoms with Crippen LogP contribution in [0, 0.1) is 11.8 Å². The summed E-state index contributed by atoms with van der Waals surface area (Å²) in [5.41, 5.74) is 7.00. The molecule has 3 aromatic rings. The van der Waals surface area contributed by atoms with Gasteiger partial charge in [0.25, 0.3) is 11.8 Å². The fourth-order valence-electron chi connectivity index (χ4n) is 4.93. The molecular weight excluding hydrogens is 386 g/mol. The molecule has 152 valence electrons. The maximum atomic E-state index is 13.0. The quantitative estimate of drug-likeness (QED) is 0.504. The highest BCUT2D eigenvalue weighted by atomic mass is 16.2. The van der Waals surface area contributed by atoms with Gasteiger partial charge in [-0.3, -0.25) is 9.59 Å². The van der Waals surface area contributed by atoms with Crippen LogP contribution in [0.1, 0.15) is 39.1 Å². The average Bonchev–Trinajstić information content (AvgIpc) is 3.29. The molecule has 0 unspecified atom stereocenters. The zero-order valence-electron chi connectivity index (χ0n) is 16.9. The normalized spacial score (nSPS) is 22.1. The van der Waals surface area contributed by atoms with Crippen molar-refractivity contribution in [1.82, 2.24) is 5.43 Å². The largest absolute Gasteiger partial charge is 0.303 e. The Morgan fingerprint density at radius 2 is 1.87 bits per heavy atom. The Kier molecular flexibility index (Phi) is 4.03. The van der Waals surface area contributed by atoms with Gasteiger partial charge in [0.15, 0.2) is 0 Å². The molecule has 2 amide bonds. The standard InChI is InChI=1S/C26H21N3O2/c30-25(28-27-22-14-19-6-2-7-20(19)22)18-12-10-16(11-13-18)15-29-23-9-3-5-17-4-1-8-21(24(17)23)26(29)31/h1-6,8-13,19-20H,7,14-15H2,(H,28,30)/b27-22-/t19-,20-/m1/s1. The molecule has 6 rings (SSSR count). The van der Waals surface area contributed by atoms with Crippen LogP contribution < -0.4 is 10.3 Å². The van der Waals surface area contributed by atoms with Crippen molar-refractivity contribution in [3.8, 4) is 0 Å². The Labute approximate surface area is 180 Å². The van der Waals surface area contributed by atoms with Gasteiger partial charge in [0.2, 0.25) is 0 Å². The maximum Gasteiger partial charge on any atom is 0.271 e. The van der Waals surface area contributed by atoms with Crippen LogP contribution in [0.15, 0.2) is 77.9 Å². The summed E-state index contributed by atoms with van der Waals surface area (Å²) < 4.78 is 0. The molecule has 0 aromatic heterocycles. The second-order valence-corrected chi connectivity index (χ2v) is 8.45. The van der Waals surface area contributed by atoms with Gasteiger partial charge >= 0.3 is 0 Å². The van der Waals surface area contributed by atoms with Gasteiger partial charge in [-0.05, 0) is 54.0 Å². The van der Waals surface area contributed by atoms with Gasteiger partial charge in [-0.15, -0.1) is 0 Å². The number of carbonyl (C=O) groups is 2. The third kappa shape index (κ3) is 2.88. The number of hydrogen-bond donors (Lipinski definition) is 1. The number of allylic oxidation sites excluding steroid dienone is 2. The fourth-order valence-corrected chi connectivity index (χ4v) is 4.93. The molecule has 0 radical (unpaired) electrons. The zero-order valence-corrected chi connectivity index (χ0v) is 16.9. The number of benzene rings is 3.